The minimum absolute atomic E-state index is 0.0446. The Labute approximate surface area is 219 Å². The molecule has 5 rings (SSSR count). The first kappa shape index (κ1) is 24.7. The second-order valence-corrected chi connectivity index (χ2v) is 9.47. The van der Waals surface area contributed by atoms with Crippen molar-refractivity contribution in [1.82, 2.24) is 28.9 Å². The Kier molecular flexibility index (Phi) is 6.30. The molecule has 9 nitrogen and oxygen atoms in total. The summed E-state index contributed by atoms with van der Waals surface area (Å²) in [6.45, 7) is 3.45. The molecule has 0 aliphatic rings. The van der Waals surface area contributed by atoms with Gasteiger partial charge in [0.2, 0.25) is 5.95 Å². The molecule has 0 amide bonds. The van der Waals surface area contributed by atoms with Gasteiger partial charge in [-0.15, -0.1) is 0 Å². The first-order chi connectivity index (χ1) is 17.6. The van der Waals surface area contributed by atoms with Gasteiger partial charge in [0.1, 0.15) is 5.82 Å². The number of fused-ring (bicyclic) bond motifs is 1. The molecule has 0 aliphatic carbocycles. The quantitative estimate of drug-likeness (QED) is 0.352. The van der Waals surface area contributed by atoms with Gasteiger partial charge in [-0.2, -0.15) is 10.1 Å². The molecule has 0 atom stereocenters. The van der Waals surface area contributed by atoms with E-state index < -0.39 is 17.2 Å². The van der Waals surface area contributed by atoms with Crippen molar-refractivity contribution in [2.75, 3.05) is 5.32 Å². The molecule has 3 aromatic heterocycles. The van der Waals surface area contributed by atoms with E-state index in [1.54, 1.807) is 50.0 Å². The van der Waals surface area contributed by atoms with Gasteiger partial charge in [0.15, 0.2) is 0 Å². The summed E-state index contributed by atoms with van der Waals surface area (Å²) >= 11 is 12.5. The van der Waals surface area contributed by atoms with Crippen molar-refractivity contribution in [3.05, 3.63) is 102 Å². The molecule has 188 valence electrons. The molecule has 0 unspecified atom stereocenters. The highest BCUT2D eigenvalue weighted by Gasteiger charge is 2.18. The number of aryl methyl sites for hydroxylation is 3. The van der Waals surface area contributed by atoms with Crippen LogP contribution in [0.2, 0.25) is 10.0 Å². The van der Waals surface area contributed by atoms with Crippen LogP contribution in [0.25, 0.3) is 16.6 Å². The third kappa shape index (κ3) is 4.73. The Morgan fingerprint density at radius 2 is 1.81 bits per heavy atom. The Bertz CT molecular complexity index is 1810. The van der Waals surface area contributed by atoms with E-state index in [0.717, 1.165) is 15.5 Å². The molecule has 1 N–H and O–H groups in total. The summed E-state index contributed by atoms with van der Waals surface area (Å²) < 4.78 is 17.8. The number of nitrogens with zero attached hydrogens (tertiary/aromatic N) is 6. The van der Waals surface area contributed by atoms with Gasteiger partial charge in [0, 0.05) is 24.8 Å². The molecule has 12 heteroatoms. The standard InChI is InChI=1S/C25H20Cl2FN7O2/c1-13-4-17(10-29-9-13)35-24(36)31-23(30-22-7-16-11-33(3)32-21(16)8-19(22)27)34(25(35)37)12-15-6-18(26)20(28)5-14(15)2/h4-11H,12H2,1-3H3,(H,30,31,36). The predicted octanol–water partition coefficient (Wildman–Crippen LogP) is 4.53. The highest BCUT2D eigenvalue weighted by Crippen LogP contribution is 2.29. The number of rotatable bonds is 5. The van der Waals surface area contributed by atoms with Crippen LogP contribution >= 0.6 is 23.2 Å². The average Bonchev–Trinajstić information content (AvgIpc) is 3.18. The monoisotopic (exact) mass is 539 g/mol. The van der Waals surface area contributed by atoms with E-state index in [2.05, 4.69) is 20.4 Å². The van der Waals surface area contributed by atoms with Crippen LogP contribution in [0, 0.1) is 19.7 Å². The lowest BCUT2D eigenvalue weighted by Crippen LogP contribution is -2.42. The van der Waals surface area contributed by atoms with Gasteiger partial charge in [0.25, 0.3) is 0 Å². The topological polar surface area (TPSA) is 99.6 Å². The van der Waals surface area contributed by atoms with E-state index in [1.807, 2.05) is 6.20 Å². The Hall–Kier alpha value is -4.02. The number of nitrogens with one attached hydrogen (secondary N) is 1. The van der Waals surface area contributed by atoms with Crippen LogP contribution in [0.1, 0.15) is 16.7 Å². The molecule has 0 radical (unpaired) electrons. The van der Waals surface area contributed by atoms with Gasteiger partial charge >= 0.3 is 11.4 Å². The first-order valence-electron chi connectivity index (χ1n) is 11.1. The highest BCUT2D eigenvalue weighted by atomic mass is 35.5. The second-order valence-electron chi connectivity index (χ2n) is 8.65. The highest BCUT2D eigenvalue weighted by molar-refractivity contribution is 6.34. The van der Waals surface area contributed by atoms with Crippen molar-refractivity contribution in [2.24, 2.45) is 7.05 Å². The van der Waals surface area contributed by atoms with Crippen molar-refractivity contribution >= 4 is 45.7 Å². The zero-order valence-corrected chi connectivity index (χ0v) is 21.5. The fourth-order valence-corrected chi connectivity index (χ4v) is 4.42. The number of hydrogen-bond acceptors (Lipinski definition) is 6. The Morgan fingerprint density at radius 3 is 2.57 bits per heavy atom. The zero-order valence-electron chi connectivity index (χ0n) is 20.0. The van der Waals surface area contributed by atoms with Crippen LogP contribution in [0.3, 0.4) is 0 Å². The summed E-state index contributed by atoms with van der Waals surface area (Å²) in [6, 6.07) is 7.81. The minimum Gasteiger partial charge on any atom is -0.324 e. The van der Waals surface area contributed by atoms with Crippen molar-refractivity contribution < 1.29 is 4.39 Å². The van der Waals surface area contributed by atoms with Gasteiger partial charge in [0.05, 0.1) is 39.7 Å². The molecule has 37 heavy (non-hydrogen) atoms. The normalized spacial score (nSPS) is 11.3. The van der Waals surface area contributed by atoms with E-state index in [0.29, 0.717) is 27.4 Å². The summed E-state index contributed by atoms with van der Waals surface area (Å²) in [6.07, 6.45) is 4.82. The number of anilines is 2. The molecule has 0 saturated carbocycles. The lowest BCUT2D eigenvalue weighted by molar-refractivity contribution is 0.622. The van der Waals surface area contributed by atoms with E-state index in [1.165, 1.54) is 22.9 Å². The van der Waals surface area contributed by atoms with Crippen LogP contribution < -0.4 is 16.7 Å². The van der Waals surface area contributed by atoms with Crippen molar-refractivity contribution in [3.8, 4) is 5.69 Å². The molecular weight excluding hydrogens is 520 g/mol. The third-order valence-corrected chi connectivity index (χ3v) is 6.45. The van der Waals surface area contributed by atoms with E-state index in [-0.39, 0.29) is 23.2 Å². The van der Waals surface area contributed by atoms with Gasteiger partial charge in [-0.25, -0.2) is 18.5 Å². The summed E-state index contributed by atoms with van der Waals surface area (Å²) in [5.74, 6) is -0.615. The molecule has 5 aromatic rings. The molecule has 0 spiro atoms. The molecule has 3 heterocycles. The summed E-state index contributed by atoms with van der Waals surface area (Å²) in [4.78, 5) is 35.1. The smallest absolute Gasteiger partial charge is 0.324 e. The maximum atomic E-state index is 14.0. The van der Waals surface area contributed by atoms with E-state index in [9.17, 15) is 14.0 Å². The summed E-state index contributed by atoms with van der Waals surface area (Å²) in [7, 11) is 1.79. The minimum atomic E-state index is -0.802. The van der Waals surface area contributed by atoms with E-state index >= 15 is 0 Å². The number of pyridine rings is 1. The fourth-order valence-electron chi connectivity index (χ4n) is 4.03. The maximum absolute atomic E-state index is 14.0. The molecule has 0 saturated heterocycles. The first-order valence-corrected chi connectivity index (χ1v) is 11.9. The average molecular weight is 540 g/mol. The van der Waals surface area contributed by atoms with Crippen LogP contribution in [0.5, 0.6) is 0 Å². The van der Waals surface area contributed by atoms with Crippen molar-refractivity contribution in [2.45, 2.75) is 20.4 Å². The number of benzene rings is 2. The van der Waals surface area contributed by atoms with Gasteiger partial charge in [-0.05, 0) is 60.9 Å². The fraction of sp³-hybridized carbons (Fsp3) is 0.160. The maximum Gasteiger partial charge on any atom is 0.359 e. The lowest BCUT2D eigenvalue weighted by atomic mass is 10.1. The number of aromatic nitrogens is 6. The predicted molar refractivity (Wildman–Crippen MR) is 141 cm³/mol. The Balaban J connectivity index is 1.70. The number of halogens is 3. The van der Waals surface area contributed by atoms with E-state index in [4.69, 9.17) is 23.2 Å². The van der Waals surface area contributed by atoms with Crippen LogP contribution in [0.15, 0.2) is 58.5 Å². The Morgan fingerprint density at radius 1 is 1.03 bits per heavy atom. The molecular formula is C25H20Cl2FN7O2. The molecule has 2 aromatic carbocycles. The summed E-state index contributed by atoms with van der Waals surface area (Å²) in [5.41, 5.74) is 1.80. The summed E-state index contributed by atoms with van der Waals surface area (Å²) in [5, 5.41) is 8.39. The van der Waals surface area contributed by atoms with Crippen LogP contribution in [-0.2, 0) is 13.6 Å². The van der Waals surface area contributed by atoms with Crippen LogP contribution in [0.4, 0.5) is 16.0 Å². The van der Waals surface area contributed by atoms with Crippen molar-refractivity contribution in [1.29, 1.82) is 0 Å². The molecule has 0 bridgehead atoms. The van der Waals surface area contributed by atoms with Crippen molar-refractivity contribution in [3.63, 3.8) is 0 Å². The SMILES string of the molecule is Cc1cncc(-n2c(=O)nc(Nc3cc4cn(C)nc4cc3Cl)n(Cc3cc(Cl)c(F)cc3C)c2=O)c1. The lowest BCUT2D eigenvalue weighted by Gasteiger charge is -2.17. The number of hydrogen-bond donors (Lipinski definition) is 1. The largest absolute Gasteiger partial charge is 0.359 e. The van der Waals surface area contributed by atoms with Crippen LogP contribution in [-0.4, -0.2) is 28.9 Å². The van der Waals surface area contributed by atoms with Gasteiger partial charge < -0.3 is 5.32 Å². The van der Waals surface area contributed by atoms with Gasteiger partial charge in [-0.3, -0.25) is 14.2 Å². The molecule has 0 aliphatic heterocycles. The second kappa shape index (κ2) is 9.45. The molecule has 0 fully saturated rings. The van der Waals surface area contributed by atoms with Gasteiger partial charge in [-0.1, -0.05) is 23.2 Å². The third-order valence-electron chi connectivity index (χ3n) is 5.85. The zero-order chi connectivity index (χ0) is 26.4.